The second-order valence-corrected chi connectivity index (χ2v) is 10.7. The molecule has 202 valence electrons. The van der Waals surface area contributed by atoms with Gasteiger partial charge in [-0.3, -0.25) is 9.59 Å². The summed E-state index contributed by atoms with van der Waals surface area (Å²) in [5.41, 5.74) is 2.61. The molecule has 4 aromatic rings. The van der Waals surface area contributed by atoms with Gasteiger partial charge in [0, 0.05) is 11.1 Å². The van der Waals surface area contributed by atoms with Crippen LogP contribution in [0.3, 0.4) is 0 Å². The quantitative estimate of drug-likeness (QED) is 0.315. The third-order valence-corrected chi connectivity index (χ3v) is 8.24. The predicted molar refractivity (Wildman–Crippen MR) is 153 cm³/mol. The van der Waals surface area contributed by atoms with E-state index in [0.29, 0.717) is 11.1 Å². The van der Waals surface area contributed by atoms with Crippen LogP contribution in [0.15, 0.2) is 109 Å². The lowest BCUT2D eigenvalue weighted by Gasteiger charge is -2.58. The number of carbonyl (C=O) groups excluding carboxylic acids is 2. The van der Waals surface area contributed by atoms with Crippen LogP contribution in [0.5, 0.6) is 11.5 Å². The van der Waals surface area contributed by atoms with Crippen molar-refractivity contribution in [2.75, 3.05) is 0 Å². The van der Waals surface area contributed by atoms with E-state index in [2.05, 4.69) is 0 Å². The number of phenols is 2. The van der Waals surface area contributed by atoms with E-state index in [0.717, 1.165) is 36.8 Å². The third-order valence-electron chi connectivity index (χ3n) is 8.24. The van der Waals surface area contributed by atoms with Crippen molar-refractivity contribution in [3.8, 4) is 11.5 Å². The number of rotatable bonds is 4. The lowest BCUT2D eigenvalue weighted by atomic mass is 9.77. The largest absolute Gasteiger partial charge is 0.508 e. The van der Waals surface area contributed by atoms with Crippen molar-refractivity contribution in [1.29, 1.82) is 0 Å². The first-order chi connectivity index (χ1) is 19.5. The summed E-state index contributed by atoms with van der Waals surface area (Å²) >= 11 is 0. The molecule has 6 rings (SSSR count). The van der Waals surface area contributed by atoms with Gasteiger partial charge in [0.15, 0.2) is 0 Å². The van der Waals surface area contributed by atoms with Gasteiger partial charge in [0.25, 0.3) is 11.8 Å². The van der Waals surface area contributed by atoms with Crippen LogP contribution in [0.2, 0.25) is 0 Å². The number of nitrogens with zero attached hydrogens (tertiary/aromatic N) is 2. The Morgan fingerprint density at radius 1 is 0.550 bits per heavy atom. The minimum Gasteiger partial charge on any atom is -0.508 e. The molecule has 1 heterocycles. The molecular weight excluding hydrogens is 500 g/mol. The Bertz CT molecular complexity index is 1390. The summed E-state index contributed by atoms with van der Waals surface area (Å²) in [6, 6.07) is 30.8. The van der Waals surface area contributed by atoms with E-state index in [9.17, 15) is 19.8 Å². The number of hydrogen-bond donors (Lipinski definition) is 2. The molecule has 0 bridgehead atoms. The van der Waals surface area contributed by atoms with Crippen LogP contribution in [-0.2, 0) is 0 Å². The van der Waals surface area contributed by atoms with Gasteiger partial charge in [-0.25, -0.2) is 0 Å². The van der Waals surface area contributed by atoms with Gasteiger partial charge in [0.2, 0.25) is 0 Å². The minimum absolute atomic E-state index is 0.0889. The van der Waals surface area contributed by atoms with E-state index in [4.69, 9.17) is 0 Å². The number of amides is 2. The first kappa shape index (κ1) is 25.7. The van der Waals surface area contributed by atoms with Gasteiger partial charge >= 0.3 is 0 Å². The van der Waals surface area contributed by atoms with E-state index in [1.165, 1.54) is 0 Å². The molecule has 2 amide bonds. The molecule has 40 heavy (non-hydrogen) atoms. The summed E-state index contributed by atoms with van der Waals surface area (Å²) in [4.78, 5) is 32.8. The molecule has 6 nitrogen and oxygen atoms in total. The van der Waals surface area contributed by atoms with Crippen LogP contribution in [0.1, 0.15) is 69.6 Å². The molecule has 2 fully saturated rings. The van der Waals surface area contributed by atoms with Crippen LogP contribution in [0, 0.1) is 0 Å². The van der Waals surface area contributed by atoms with Gasteiger partial charge in [-0.05, 0) is 72.5 Å². The summed E-state index contributed by atoms with van der Waals surface area (Å²) in [5.74, 6) is -0.0393. The van der Waals surface area contributed by atoms with Crippen LogP contribution >= 0.6 is 0 Å². The Hall–Kier alpha value is -4.58. The molecule has 4 aromatic carbocycles. The molecule has 0 radical (unpaired) electrons. The van der Waals surface area contributed by atoms with Gasteiger partial charge < -0.3 is 20.0 Å². The maximum atomic E-state index is 14.4. The highest BCUT2D eigenvalue weighted by Crippen LogP contribution is 2.50. The average Bonchev–Trinajstić information content (AvgIpc) is 3.00. The number of carbonyl (C=O) groups is 2. The fourth-order valence-corrected chi connectivity index (χ4v) is 6.57. The molecule has 0 unspecified atom stereocenters. The van der Waals surface area contributed by atoms with Crippen molar-refractivity contribution in [3.05, 3.63) is 131 Å². The molecule has 4 atom stereocenters. The van der Waals surface area contributed by atoms with E-state index in [1.54, 1.807) is 36.4 Å². The van der Waals surface area contributed by atoms with Crippen LogP contribution in [-0.4, -0.2) is 43.9 Å². The van der Waals surface area contributed by atoms with E-state index in [1.807, 2.05) is 82.6 Å². The second kappa shape index (κ2) is 10.9. The van der Waals surface area contributed by atoms with E-state index >= 15 is 0 Å². The molecule has 1 aliphatic heterocycles. The summed E-state index contributed by atoms with van der Waals surface area (Å²) in [6.45, 7) is 0. The third kappa shape index (κ3) is 4.70. The van der Waals surface area contributed by atoms with Gasteiger partial charge in [-0.15, -0.1) is 0 Å². The smallest absolute Gasteiger partial charge is 0.254 e. The lowest BCUT2D eigenvalue weighted by molar-refractivity contribution is -0.0528. The van der Waals surface area contributed by atoms with Crippen molar-refractivity contribution >= 4 is 11.8 Å². The lowest BCUT2D eigenvalue weighted by Crippen LogP contribution is -2.65. The summed E-state index contributed by atoms with van der Waals surface area (Å²) in [7, 11) is 0. The highest BCUT2D eigenvalue weighted by atomic mass is 16.3. The molecule has 2 N–H and O–H groups in total. The number of fused-ring (bicyclic) bond motifs is 1. The van der Waals surface area contributed by atoms with Crippen molar-refractivity contribution in [1.82, 2.24) is 9.80 Å². The first-order valence-electron chi connectivity index (χ1n) is 13.9. The molecule has 6 heteroatoms. The Morgan fingerprint density at radius 2 is 0.950 bits per heavy atom. The highest BCUT2D eigenvalue weighted by molar-refractivity contribution is 5.97. The first-order valence-corrected chi connectivity index (χ1v) is 13.9. The summed E-state index contributed by atoms with van der Waals surface area (Å²) in [6.07, 6.45) is 3.45. The Morgan fingerprint density at radius 3 is 1.32 bits per heavy atom. The zero-order valence-electron chi connectivity index (χ0n) is 22.1. The van der Waals surface area contributed by atoms with Gasteiger partial charge in [0.05, 0.1) is 24.2 Å². The molecule has 1 saturated heterocycles. The number of benzene rings is 4. The fraction of sp³-hybridized carbons (Fsp3) is 0.235. The number of piperazine rings is 1. The predicted octanol–water partition coefficient (Wildman–Crippen LogP) is 6.49. The second-order valence-electron chi connectivity index (χ2n) is 10.7. The Balaban J connectivity index is 1.61. The van der Waals surface area contributed by atoms with Crippen LogP contribution in [0.25, 0.3) is 0 Å². The summed E-state index contributed by atoms with van der Waals surface area (Å²) < 4.78 is 0. The number of aromatic hydroxyl groups is 2. The Labute approximate surface area is 234 Å². The molecular formula is C34H32N2O4. The fourth-order valence-electron chi connectivity index (χ4n) is 6.57. The minimum atomic E-state index is -0.603. The van der Waals surface area contributed by atoms with Crippen molar-refractivity contribution < 1.29 is 19.8 Å². The van der Waals surface area contributed by atoms with Crippen LogP contribution < -0.4 is 0 Å². The zero-order chi connectivity index (χ0) is 27.6. The average molecular weight is 533 g/mol. The monoisotopic (exact) mass is 532 g/mol. The molecule has 1 aliphatic carbocycles. The topological polar surface area (TPSA) is 81.1 Å². The van der Waals surface area contributed by atoms with Gasteiger partial charge in [-0.2, -0.15) is 0 Å². The molecule has 1 saturated carbocycles. The zero-order valence-corrected chi connectivity index (χ0v) is 22.1. The normalized spacial score (nSPS) is 22.4. The van der Waals surface area contributed by atoms with Gasteiger partial charge in [-0.1, -0.05) is 73.5 Å². The standard InChI is InChI=1S/C34H32N2O4/c37-27-17-9-15-25(21-27)31-32(26-16-10-18-28(38)22-26)36(34(40)24-13-5-2-6-14-24)30-20-8-7-19-29(30)35(31)33(39)23-11-3-1-4-12-23/h1-6,9-18,21-22,29-32,37-38H,7-8,19-20H2/t29-,30-,31+,32+/m0/s1. The van der Waals surface area contributed by atoms with E-state index in [-0.39, 0.29) is 35.4 Å². The van der Waals surface area contributed by atoms with Gasteiger partial charge in [0.1, 0.15) is 11.5 Å². The number of phenolic OH excluding ortho intramolecular Hbond substituents is 2. The molecule has 0 aromatic heterocycles. The Kier molecular flexibility index (Phi) is 6.99. The maximum Gasteiger partial charge on any atom is 0.254 e. The van der Waals surface area contributed by atoms with E-state index < -0.39 is 12.1 Å². The maximum absolute atomic E-state index is 14.4. The van der Waals surface area contributed by atoms with Crippen molar-refractivity contribution in [2.45, 2.75) is 49.9 Å². The number of hydrogen-bond acceptors (Lipinski definition) is 4. The molecule has 2 aliphatic rings. The SMILES string of the molecule is O=C(c1ccccc1)N1[C@H](c2cccc(O)c2)[C@@H](c2cccc(O)c2)N(C(=O)c2ccccc2)[C@H]2CCCC[C@@H]21. The van der Waals surface area contributed by atoms with Crippen LogP contribution in [0.4, 0.5) is 0 Å². The van der Waals surface area contributed by atoms with Crippen molar-refractivity contribution in [3.63, 3.8) is 0 Å². The highest BCUT2D eigenvalue weighted by Gasteiger charge is 2.53. The summed E-state index contributed by atoms with van der Waals surface area (Å²) in [5, 5.41) is 21.1. The van der Waals surface area contributed by atoms with Crippen molar-refractivity contribution in [2.24, 2.45) is 0 Å². The molecule has 0 spiro atoms.